The van der Waals surface area contributed by atoms with E-state index in [1.165, 1.54) is 58.0 Å². The van der Waals surface area contributed by atoms with Crippen LogP contribution in [0.2, 0.25) is 0 Å². The van der Waals surface area contributed by atoms with Gasteiger partial charge in [-0.2, -0.15) is 0 Å². The summed E-state index contributed by atoms with van der Waals surface area (Å²) in [5, 5.41) is 0. The van der Waals surface area contributed by atoms with E-state index in [0.29, 0.717) is 18.3 Å². The maximum Gasteiger partial charge on any atom is 0.119 e. The molecule has 3 atom stereocenters. The molecule has 3 rings (SSSR count). The van der Waals surface area contributed by atoms with Crippen LogP contribution >= 0.6 is 0 Å². The molecule has 2 aromatic rings. The fourth-order valence-corrected chi connectivity index (χ4v) is 5.11. The summed E-state index contributed by atoms with van der Waals surface area (Å²) in [6.45, 7) is 25.1. The standard InChI is InChI=1S/C22H26.C20H26.C3H6O.CH5N/c1-7-9-10-22(18(5)6)16-20(8-2)21-13-11-19(12-14-21)15-17(3)4;1-5-16(3)19-13-11-15(2)12-14-20(19)17(4)18-9-7-6-8-10-18;1-2-3-4;1-2/h2,7,9-14,20H,3,5,15-16H2,1,4,6H3;6-10,12-14,16-17H,5,11H2,1-4H3;3H,2H2,1H3;2H2,1H3/b9-7-,22-10-;;;. The molecule has 0 radical (unpaired) electrons. The molecule has 0 aliphatic heterocycles. The van der Waals surface area contributed by atoms with Crippen LogP contribution in [0.15, 0.2) is 138 Å². The van der Waals surface area contributed by atoms with Gasteiger partial charge in [0, 0.05) is 18.3 Å². The van der Waals surface area contributed by atoms with Crippen LogP contribution in [0.3, 0.4) is 0 Å². The SMILES string of the molecule is C#CC(C/C(=C/C=C\C)C(=C)C)c1ccc(CC(=C)C)cc1.CCC(C)C1=CCC(C)=CC=C1C(C)c1ccccc1.CCC=O.CN. The number of carbonyl (C=O) groups excluding carboxylic acids is 1. The highest BCUT2D eigenvalue weighted by Gasteiger charge is 2.19. The first-order valence-electron chi connectivity index (χ1n) is 17.3. The molecule has 0 saturated heterocycles. The molecule has 258 valence electrons. The van der Waals surface area contributed by atoms with Crippen molar-refractivity contribution in [1.29, 1.82) is 0 Å². The number of rotatable bonds is 12. The summed E-state index contributed by atoms with van der Waals surface area (Å²) < 4.78 is 0. The number of hydrogen-bond donors (Lipinski definition) is 1. The molecule has 0 amide bonds. The van der Waals surface area contributed by atoms with Crippen molar-refractivity contribution in [2.75, 3.05) is 7.05 Å². The van der Waals surface area contributed by atoms with Crippen molar-refractivity contribution in [2.45, 2.75) is 99.3 Å². The Hall–Kier alpha value is -4.19. The number of aldehydes is 1. The molecule has 0 spiro atoms. The molecule has 0 bridgehead atoms. The van der Waals surface area contributed by atoms with Gasteiger partial charge in [0.25, 0.3) is 0 Å². The highest BCUT2D eigenvalue weighted by atomic mass is 16.1. The summed E-state index contributed by atoms with van der Waals surface area (Å²) >= 11 is 0. The second-order valence-corrected chi connectivity index (χ2v) is 12.3. The van der Waals surface area contributed by atoms with E-state index in [2.05, 4.69) is 131 Å². The third-order valence-corrected chi connectivity index (χ3v) is 8.15. The first kappa shape index (κ1) is 43.8. The molecule has 2 aromatic carbocycles. The number of hydrogen-bond acceptors (Lipinski definition) is 2. The van der Waals surface area contributed by atoms with Crippen LogP contribution in [0.25, 0.3) is 0 Å². The fraction of sp³-hybridized carbons (Fsp3) is 0.370. The van der Waals surface area contributed by atoms with E-state index in [9.17, 15) is 4.79 Å². The van der Waals surface area contributed by atoms with Crippen LogP contribution in [0.1, 0.15) is 110 Å². The lowest BCUT2D eigenvalue weighted by Gasteiger charge is -2.23. The van der Waals surface area contributed by atoms with Crippen molar-refractivity contribution in [3.63, 3.8) is 0 Å². The molecule has 0 saturated carbocycles. The molecule has 2 heteroatoms. The van der Waals surface area contributed by atoms with Gasteiger partial charge in [0.15, 0.2) is 0 Å². The molecule has 2 nitrogen and oxygen atoms in total. The number of terminal acetylenes is 1. The second kappa shape index (κ2) is 25.8. The topological polar surface area (TPSA) is 43.1 Å². The molecule has 0 aromatic heterocycles. The van der Waals surface area contributed by atoms with E-state index in [4.69, 9.17) is 6.42 Å². The van der Waals surface area contributed by atoms with Gasteiger partial charge in [0.2, 0.25) is 0 Å². The van der Waals surface area contributed by atoms with Gasteiger partial charge in [-0.05, 0) is 99.8 Å². The maximum atomic E-state index is 9.17. The zero-order valence-electron chi connectivity index (χ0n) is 31.5. The Morgan fingerprint density at radius 3 is 2.04 bits per heavy atom. The Balaban J connectivity index is 0.000000792. The average molecular weight is 646 g/mol. The van der Waals surface area contributed by atoms with Crippen molar-refractivity contribution in [2.24, 2.45) is 11.7 Å². The predicted octanol–water partition coefficient (Wildman–Crippen LogP) is 12.2. The highest BCUT2D eigenvalue weighted by molar-refractivity contribution is 5.48. The van der Waals surface area contributed by atoms with Crippen LogP contribution in [0, 0.1) is 18.3 Å². The van der Waals surface area contributed by atoms with E-state index >= 15 is 0 Å². The van der Waals surface area contributed by atoms with Gasteiger partial charge in [0.05, 0.1) is 0 Å². The average Bonchev–Trinajstić information content (AvgIpc) is 3.30. The molecule has 2 N–H and O–H groups in total. The summed E-state index contributed by atoms with van der Waals surface area (Å²) in [5.74, 6) is 4.08. The van der Waals surface area contributed by atoms with Gasteiger partial charge in [-0.3, -0.25) is 0 Å². The van der Waals surface area contributed by atoms with Crippen LogP contribution in [0.4, 0.5) is 0 Å². The maximum absolute atomic E-state index is 9.17. The normalized spacial score (nSPS) is 14.3. The first-order valence-corrected chi connectivity index (χ1v) is 17.3. The smallest absolute Gasteiger partial charge is 0.119 e. The van der Waals surface area contributed by atoms with Crippen molar-refractivity contribution < 1.29 is 4.79 Å². The third-order valence-electron chi connectivity index (χ3n) is 8.15. The number of carbonyl (C=O) groups is 1. The van der Waals surface area contributed by atoms with Gasteiger partial charge in [0.1, 0.15) is 6.29 Å². The van der Waals surface area contributed by atoms with E-state index in [-0.39, 0.29) is 5.92 Å². The van der Waals surface area contributed by atoms with Gasteiger partial charge in [-0.25, -0.2) is 0 Å². The lowest BCUT2D eigenvalue weighted by Crippen LogP contribution is -2.07. The van der Waals surface area contributed by atoms with E-state index in [1.807, 2.05) is 39.8 Å². The Morgan fingerprint density at radius 2 is 1.56 bits per heavy atom. The van der Waals surface area contributed by atoms with Crippen LogP contribution in [-0.2, 0) is 11.2 Å². The minimum Gasteiger partial charge on any atom is -0.333 e. The van der Waals surface area contributed by atoms with E-state index < -0.39 is 0 Å². The fourth-order valence-electron chi connectivity index (χ4n) is 5.11. The molecule has 1 aliphatic carbocycles. The Bertz CT molecular complexity index is 1440. The summed E-state index contributed by atoms with van der Waals surface area (Å²) in [5.41, 5.74) is 16.3. The Labute approximate surface area is 295 Å². The van der Waals surface area contributed by atoms with Gasteiger partial charge in [-0.15, -0.1) is 6.42 Å². The van der Waals surface area contributed by atoms with Gasteiger partial charge < -0.3 is 10.5 Å². The highest BCUT2D eigenvalue weighted by Crippen LogP contribution is 2.36. The summed E-state index contributed by atoms with van der Waals surface area (Å²) in [4.78, 5) is 9.17. The lowest BCUT2D eigenvalue weighted by atomic mass is 9.82. The largest absolute Gasteiger partial charge is 0.333 e. The summed E-state index contributed by atoms with van der Waals surface area (Å²) in [6.07, 6.45) is 24.5. The van der Waals surface area contributed by atoms with Crippen molar-refractivity contribution in [1.82, 2.24) is 0 Å². The van der Waals surface area contributed by atoms with Crippen LogP contribution in [-0.4, -0.2) is 13.3 Å². The quantitative estimate of drug-likeness (QED) is 0.108. The number of allylic oxidation sites excluding steroid dienone is 12. The summed E-state index contributed by atoms with van der Waals surface area (Å²) in [7, 11) is 1.50. The minimum absolute atomic E-state index is 0.0760. The zero-order valence-corrected chi connectivity index (χ0v) is 31.5. The monoisotopic (exact) mass is 645 g/mol. The molecular formula is C46H63NO. The Kier molecular flexibility index (Phi) is 23.6. The zero-order chi connectivity index (χ0) is 36.5. The molecule has 0 fully saturated rings. The molecule has 48 heavy (non-hydrogen) atoms. The van der Waals surface area contributed by atoms with Crippen LogP contribution < -0.4 is 5.73 Å². The Morgan fingerprint density at radius 1 is 0.958 bits per heavy atom. The second-order valence-electron chi connectivity index (χ2n) is 12.3. The van der Waals surface area contributed by atoms with Crippen molar-refractivity contribution >= 4 is 6.29 Å². The lowest BCUT2D eigenvalue weighted by molar-refractivity contribution is -0.107. The predicted molar refractivity (Wildman–Crippen MR) is 214 cm³/mol. The van der Waals surface area contributed by atoms with Gasteiger partial charge in [-0.1, -0.05) is 155 Å². The number of nitrogens with two attached hydrogens (primary N) is 1. The van der Waals surface area contributed by atoms with Crippen LogP contribution in [0.5, 0.6) is 0 Å². The van der Waals surface area contributed by atoms with E-state index in [0.717, 1.165) is 31.1 Å². The molecule has 1 aliphatic rings. The third kappa shape index (κ3) is 16.6. The summed E-state index contributed by atoms with van der Waals surface area (Å²) in [6, 6.07) is 19.4. The molecular weight excluding hydrogens is 583 g/mol. The molecule has 0 heterocycles. The van der Waals surface area contributed by atoms with Crippen molar-refractivity contribution in [3.8, 4) is 12.3 Å². The number of benzene rings is 2. The first-order chi connectivity index (χ1) is 23.0. The van der Waals surface area contributed by atoms with E-state index in [1.54, 1.807) is 0 Å². The minimum atomic E-state index is 0.0760. The van der Waals surface area contributed by atoms with Crippen molar-refractivity contribution in [3.05, 3.63) is 154 Å². The molecule has 3 unspecified atom stereocenters. The van der Waals surface area contributed by atoms with Gasteiger partial charge >= 0.3 is 0 Å².